The van der Waals surface area contributed by atoms with Gasteiger partial charge >= 0.3 is 5.97 Å². The molecule has 0 radical (unpaired) electrons. The quantitative estimate of drug-likeness (QED) is 0.706. The Hall–Kier alpha value is -1.35. The molecule has 3 nitrogen and oxygen atoms in total. The molecule has 94 valence electrons. The Morgan fingerprint density at radius 3 is 2.59 bits per heavy atom. The molecule has 0 aliphatic heterocycles. The molecule has 0 fully saturated rings. The topological polar surface area (TPSA) is 46.5 Å². The van der Waals surface area contributed by atoms with Gasteiger partial charge in [-0.2, -0.15) is 0 Å². The van der Waals surface area contributed by atoms with Gasteiger partial charge in [0.1, 0.15) is 0 Å². The normalized spacial score (nSPS) is 12.3. The predicted molar refractivity (Wildman–Crippen MR) is 67.2 cm³/mol. The van der Waals surface area contributed by atoms with Crippen molar-refractivity contribution >= 4 is 5.97 Å². The smallest absolute Gasteiger partial charge is 0.303 e. The summed E-state index contributed by atoms with van der Waals surface area (Å²) in [5.41, 5.74) is 1.08. The van der Waals surface area contributed by atoms with Crippen LogP contribution in [0.1, 0.15) is 37.7 Å². The number of hydrogen-bond donors (Lipinski definition) is 1. The molecule has 1 atom stereocenters. The predicted octanol–water partition coefficient (Wildman–Crippen LogP) is 3.06. The molecule has 0 aliphatic rings. The van der Waals surface area contributed by atoms with Crippen LogP contribution in [-0.4, -0.2) is 24.3 Å². The monoisotopic (exact) mass is 236 g/mol. The highest BCUT2D eigenvalue weighted by Gasteiger charge is 2.14. The number of carboxylic acids is 1. The first-order chi connectivity index (χ1) is 8.24. The van der Waals surface area contributed by atoms with Crippen LogP contribution in [0.3, 0.4) is 0 Å². The third-order valence-electron chi connectivity index (χ3n) is 2.65. The summed E-state index contributed by atoms with van der Waals surface area (Å²) in [6, 6.07) is 9.78. The Balaban J connectivity index is 2.52. The average molecular weight is 236 g/mol. The summed E-state index contributed by atoms with van der Waals surface area (Å²) in [7, 11) is 0. The standard InChI is InChI=1S/C14H20O3/c1-2-9-17-10-8-13(11-14(15)16)12-6-4-3-5-7-12/h3-7,13H,2,8-11H2,1H3,(H,15,16). The number of rotatable bonds is 8. The number of aliphatic carboxylic acids is 1. The molecule has 1 rings (SSSR count). The van der Waals surface area contributed by atoms with E-state index in [-0.39, 0.29) is 12.3 Å². The lowest BCUT2D eigenvalue weighted by molar-refractivity contribution is -0.137. The van der Waals surface area contributed by atoms with Crippen molar-refractivity contribution < 1.29 is 14.6 Å². The second-order valence-electron chi connectivity index (χ2n) is 4.11. The van der Waals surface area contributed by atoms with Gasteiger partial charge in [-0.15, -0.1) is 0 Å². The van der Waals surface area contributed by atoms with E-state index in [1.54, 1.807) is 0 Å². The van der Waals surface area contributed by atoms with Crippen LogP contribution in [0.4, 0.5) is 0 Å². The van der Waals surface area contributed by atoms with Crippen molar-refractivity contribution in [2.75, 3.05) is 13.2 Å². The van der Waals surface area contributed by atoms with Gasteiger partial charge in [-0.1, -0.05) is 37.3 Å². The molecule has 3 heteroatoms. The fraction of sp³-hybridized carbons (Fsp3) is 0.500. The molecule has 0 saturated heterocycles. The van der Waals surface area contributed by atoms with Gasteiger partial charge in [-0.25, -0.2) is 0 Å². The minimum atomic E-state index is -0.755. The fourth-order valence-electron chi connectivity index (χ4n) is 1.79. The summed E-state index contributed by atoms with van der Waals surface area (Å²) < 4.78 is 5.42. The van der Waals surface area contributed by atoms with Gasteiger partial charge in [0.15, 0.2) is 0 Å². The number of benzene rings is 1. The lowest BCUT2D eigenvalue weighted by Crippen LogP contribution is -2.09. The molecule has 0 amide bonds. The van der Waals surface area contributed by atoms with Crippen LogP contribution in [0.5, 0.6) is 0 Å². The molecule has 1 aromatic carbocycles. The van der Waals surface area contributed by atoms with Crippen molar-refractivity contribution in [3.05, 3.63) is 35.9 Å². The van der Waals surface area contributed by atoms with Gasteiger partial charge in [0.2, 0.25) is 0 Å². The molecule has 0 heterocycles. The number of ether oxygens (including phenoxy) is 1. The highest BCUT2D eigenvalue weighted by Crippen LogP contribution is 2.23. The summed E-state index contributed by atoms with van der Waals surface area (Å²) in [5.74, 6) is -0.708. The maximum absolute atomic E-state index is 10.8. The molecule has 0 aromatic heterocycles. The summed E-state index contributed by atoms with van der Waals surface area (Å²) in [4.78, 5) is 10.8. The SMILES string of the molecule is CCCOCCC(CC(=O)O)c1ccccc1. The summed E-state index contributed by atoms with van der Waals surface area (Å²) in [5, 5.41) is 8.91. The van der Waals surface area contributed by atoms with Gasteiger partial charge in [0, 0.05) is 13.2 Å². The van der Waals surface area contributed by atoms with E-state index < -0.39 is 5.97 Å². The Morgan fingerprint density at radius 1 is 1.29 bits per heavy atom. The maximum atomic E-state index is 10.8. The molecule has 1 unspecified atom stereocenters. The Labute approximate surface area is 102 Å². The first-order valence-corrected chi connectivity index (χ1v) is 6.08. The van der Waals surface area contributed by atoms with E-state index in [9.17, 15) is 4.79 Å². The second-order valence-corrected chi connectivity index (χ2v) is 4.11. The van der Waals surface area contributed by atoms with E-state index in [2.05, 4.69) is 6.92 Å². The minimum absolute atomic E-state index is 0.0468. The van der Waals surface area contributed by atoms with Gasteiger partial charge in [0.25, 0.3) is 0 Å². The molecule has 0 bridgehead atoms. The fourth-order valence-corrected chi connectivity index (χ4v) is 1.79. The van der Waals surface area contributed by atoms with Crippen LogP contribution in [0.25, 0.3) is 0 Å². The van der Waals surface area contributed by atoms with E-state index in [1.165, 1.54) is 0 Å². The summed E-state index contributed by atoms with van der Waals surface area (Å²) >= 11 is 0. The van der Waals surface area contributed by atoms with Crippen LogP contribution in [-0.2, 0) is 9.53 Å². The zero-order valence-electron chi connectivity index (χ0n) is 10.3. The first-order valence-electron chi connectivity index (χ1n) is 6.08. The Kier molecular flexibility index (Phi) is 6.33. The third kappa shape index (κ3) is 5.50. The molecular formula is C14H20O3. The molecule has 0 spiro atoms. The number of carbonyl (C=O) groups is 1. The van der Waals surface area contributed by atoms with E-state index in [4.69, 9.17) is 9.84 Å². The van der Waals surface area contributed by atoms with Gasteiger partial charge < -0.3 is 9.84 Å². The van der Waals surface area contributed by atoms with Crippen molar-refractivity contribution in [2.45, 2.75) is 32.1 Å². The lowest BCUT2D eigenvalue weighted by atomic mass is 9.93. The van der Waals surface area contributed by atoms with Crippen molar-refractivity contribution in [3.63, 3.8) is 0 Å². The Bertz CT molecular complexity index is 321. The van der Waals surface area contributed by atoms with Crippen LogP contribution >= 0.6 is 0 Å². The highest BCUT2D eigenvalue weighted by atomic mass is 16.5. The van der Waals surface area contributed by atoms with Gasteiger partial charge in [0.05, 0.1) is 6.42 Å². The number of carboxylic acid groups (broad SMARTS) is 1. The Morgan fingerprint density at radius 2 is 2.00 bits per heavy atom. The van der Waals surface area contributed by atoms with Gasteiger partial charge in [-0.05, 0) is 24.3 Å². The second kappa shape index (κ2) is 7.85. The highest BCUT2D eigenvalue weighted by molar-refractivity contribution is 5.68. The van der Waals surface area contributed by atoms with E-state index in [1.807, 2.05) is 30.3 Å². The van der Waals surface area contributed by atoms with Crippen molar-refractivity contribution in [1.82, 2.24) is 0 Å². The third-order valence-corrected chi connectivity index (χ3v) is 2.65. The zero-order chi connectivity index (χ0) is 12.5. The molecule has 0 aliphatic carbocycles. The molecule has 0 saturated carbocycles. The van der Waals surface area contributed by atoms with Crippen LogP contribution in [0.15, 0.2) is 30.3 Å². The van der Waals surface area contributed by atoms with E-state index >= 15 is 0 Å². The first kappa shape index (κ1) is 13.7. The minimum Gasteiger partial charge on any atom is -0.481 e. The molecule has 1 aromatic rings. The zero-order valence-corrected chi connectivity index (χ0v) is 10.3. The largest absolute Gasteiger partial charge is 0.481 e. The van der Waals surface area contributed by atoms with Crippen molar-refractivity contribution in [2.24, 2.45) is 0 Å². The van der Waals surface area contributed by atoms with E-state index in [0.29, 0.717) is 6.61 Å². The summed E-state index contributed by atoms with van der Waals surface area (Å²) in [6.07, 6.45) is 1.92. The molecule has 1 N–H and O–H groups in total. The summed E-state index contributed by atoms with van der Waals surface area (Å²) in [6.45, 7) is 3.43. The van der Waals surface area contributed by atoms with E-state index in [0.717, 1.165) is 25.0 Å². The average Bonchev–Trinajstić information content (AvgIpc) is 2.34. The lowest BCUT2D eigenvalue weighted by Gasteiger charge is -2.15. The van der Waals surface area contributed by atoms with Crippen molar-refractivity contribution in [3.8, 4) is 0 Å². The number of hydrogen-bond acceptors (Lipinski definition) is 2. The molecular weight excluding hydrogens is 216 g/mol. The van der Waals surface area contributed by atoms with Gasteiger partial charge in [-0.3, -0.25) is 4.79 Å². The molecule has 17 heavy (non-hydrogen) atoms. The van der Waals surface area contributed by atoms with Crippen LogP contribution in [0, 0.1) is 0 Å². The van der Waals surface area contributed by atoms with Crippen LogP contribution < -0.4 is 0 Å². The van der Waals surface area contributed by atoms with Crippen molar-refractivity contribution in [1.29, 1.82) is 0 Å². The maximum Gasteiger partial charge on any atom is 0.303 e. The van der Waals surface area contributed by atoms with Crippen LogP contribution in [0.2, 0.25) is 0 Å².